The molecule has 0 bridgehead atoms. The van der Waals surface area contributed by atoms with Crippen LogP contribution < -0.4 is 22.5 Å². The van der Waals surface area contributed by atoms with Crippen LogP contribution in [0, 0.1) is 5.92 Å². The van der Waals surface area contributed by atoms with Crippen molar-refractivity contribution in [2.45, 2.75) is 99.3 Å². The van der Waals surface area contributed by atoms with Crippen LogP contribution in [0.2, 0.25) is 0 Å². The molecule has 1 rings (SSSR count). The first-order chi connectivity index (χ1) is 17.3. The van der Waals surface area contributed by atoms with Gasteiger partial charge in [0.15, 0.2) is 0 Å². The van der Waals surface area contributed by atoms with E-state index in [0.717, 1.165) is 24.2 Å². The van der Waals surface area contributed by atoms with Gasteiger partial charge in [-0.1, -0.05) is 107 Å². The molecule has 7 heteroatoms. The largest absolute Gasteiger partial charge is 0.398 e. The fraction of sp³-hybridized carbons (Fsp3) is 0.690. The summed E-state index contributed by atoms with van der Waals surface area (Å²) in [6.07, 6.45) is 14.9. The topological polar surface area (TPSA) is 112 Å². The van der Waals surface area contributed by atoms with Gasteiger partial charge in [-0.2, -0.15) is 0 Å². The molecule has 0 saturated carbocycles. The molecule has 0 spiro atoms. The summed E-state index contributed by atoms with van der Waals surface area (Å²) in [5, 5.41) is 2.89. The molecule has 0 fully saturated rings. The van der Waals surface area contributed by atoms with Crippen LogP contribution in [-0.4, -0.2) is 38.0 Å². The highest BCUT2D eigenvalue weighted by atomic mass is 35.5. The van der Waals surface area contributed by atoms with Gasteiger partial charge in [0.05, 0.1) is 12.0 Å². The summed E-state index contributed by atoms with van der Waals surface area (Å²) in [5.74, 6) is 0.999. The molecule has 214 valence electrons. The molecule has 0 saturated heterocycles. The van der Waals surface area contributed by atoms with Crippen molar-refractivity contribution in [1.82, 2.24) is 5.32 Å². The third-order valence-electron chi connectivity index (χ3n) is 4.65. The van der Waals surface area contributed by atoms with Gasteiger partial charge in [0, 0.05) is 43.4 Å². The Morgan fingerprint density at radius 1 is 1.17 bits per heavy atom. The van der Waals surface area contributed by atoms with E-state index in [-0.39, 0.29) is 5.38 Å². The zero-order valence-electron chi connectivity index (χ0n) is 25.0. The van der Waals surface area contributed by atoms with Gasteiger partial charge < -0.3 is 27.3 Å². The minimum atomic E-state index is -0.349. The molecule has 2 atom stereocenters. The van der Waals surface area contributed by atoms with Gasteiger partial charge in [0.2, 0.25) is 0 Å². The van der Waals surface area contributed by atoms with Gasteiger partial charge in [0.1, 0.15) is 5.84 Å². The quantitative estimate of drug-likeness (QED) is 0.123. The predicted octanol–water partition coefficient (Wildman–Crippen LogP) is 7.02. The lowest BCUT2D eigenvalue weighted by Gasteiger charge is -2.13. The van der Waals surface area contributed by atoms with E-state index >= 15 is 0 Å². The maximum Gasteiger partial charge on any atom is 0.123 e. The van der Waals surface area contributed by atoms with Gasteiger partial charge in [0.25, 0.3) is 0 Å². The smallest absolute Gasteiger partial charge is 0.123 e. The lowest BCUT2D eigenvalue weighted by atomic mass is 10.1. The Bertz CT molecular complexity index is 594. The molecule has 0 aromatic heterocycles. The molecule has 6 nitrogen and oxygen atoms in total. The fourth-order valence-electron chi connectivity index (χ4n) is 2.35. The molecule has 2 unspecified atom stereocenters. The van der Waals surface area contributed by atoms with E-state index in [2.05, 4.69) is 49.3 Å². The molecule has 0 amide bonds. The van der Waals surface area contributed by atoms with Crippen LogP contribution in [0.1, 0.15) is 93.9 Å². The predicted molar refractivity (Wildman–Crippen MR) is 165 cm³/mol. The van der Waals surface area contributed by atoms with Gasteiger partial charge in [-0.05, 0) is 18.1 Å². The highest BCUT2D eigenvalue weighted by molar-refractivity contribution is 6.24. The van der Waals surface area contributed by atoms with Crippen LogP contribution in [0.5, 0.6) is 0 Å². The number of ether oxygens (including phenoxy) is 1. The van der Waals surface area contributed by atoms with Crippen molar-refractivity contribution in [3.63, 3.8) is 0 Å². The van der Waals surface area contributed by atoms with Crippen molar-refractivity contribution in [2.24, 2.45) is 28.1 Å². The zero-order chi connectivity index (χ0) is 28.8. The van der Waals surface area contributed by atoms with E-state index in [1.807, 2.05) is 27.7 Å². The van der Waals surface area contributed by atoms with Crippen LogP contribution in [0.4, 0.5) is 0 Å². The first-order valence-corrected chi connectivity index (χ1v) is 14.2. The summed E-state index contributed by atoms with van der Waals surface area (Å²) in [4.78, 5) is 4.06. The van der Waals surface area contributed by atoms with Crippen LogP contribution in [0.3, 0.4) is 0 Å². The summed E-state index contributed by atoms with van der Waals surface area (Å²) in [5.41, 5.74) is 18.7. The van der Waals surface area contributed by atoms with Crippen molar-refractivity contribution < 1.29 is 4.74 Å². The number of aliphatic imine (C=N–C) groups is 1. The van der Waals surface area contributed by atoms with Gasteiger partial charge in [-0.3, -0.25) is 0 Å². The molecule has 0 aromatic carbocycles. The number of halogens is 1. The Morgan fingerprint density at radius 2 is 1.72 bits per heavy atom. The van der Waals surface area contributed by atoms with Crippen molar-refractivity contribution in [3.05, 3.63) is 48.0 Å². The number of nitrogens with one attached hydrogen (secondary N) is 1. The average molecular weight is 530 g/mol. The third-order valence-corrected chi connectivity index (χ3v) is 5.03. The second-order valence-electron chi connectivity index (χ2n) is 7.76. The number of unbranched alkanes of at least 4 members (excludes halogenated alkanes) is 4. The van der Waals surface area contributed by atoms with Gasteiger partial charge in [-0.15, -0.1) is 11.6 Å². The molecular formula is C29H60ClN5O. The number of hydrogen-bond donors (Lipinski definition) is 4. The maximum absolute atomic E-state index is 6.23. The highest BCUT2D eigenvalue weighted by Crippen LogP contribution is 2.19. The molecule has 1 heterocycles. The molecule has 7 N–H and O–H groups in total. The number of methoxy groups -OCH3 is 1. The van der Waals surface area contributed by atoms with Crippen LogP contribution >= 0.6 is 11.6 Å². The zero-order valence-corrected chi connectivity index (χ0v) is 25.8. The number of alkyl halides is 1. The monoisotopic (exact) mass is 529 g/mol. The lowest BCUT2D eigenvalue weighted by molar-refractivity contribution is 0.207. The Hall–Kier alpha value is -1.76. The van der Waals surface area contributed by atoms with E-state index in [0.29, 0.717) is 30.6 Å². The first kappa shape index (κ1) is 41.4. The number of nitrogens with two attached hydrogens (primary N) is 3. The number of hydrogen-bond acceptors (Lipinski definition) is 6. The minimum absolute atomic E-state index is 0.349. The second kappa shape index (κ2) is 33.2. The summed E-state index contributed by atoms with van der Waals surface area (Å²) in [7, 11) is 1.63. The average Bonchev–Trinajstić information content (AvgIpc) is 3.07. The fourth-order valence-corrected chi connectivity index (χ4v) is 2.60. The van der Waals surface area contributed by atoms with Gasteiger partial charge >= 0.3 is 0 Å². The highest BCUT2D eigenvalue weighted by Gasteiger charge is 2.13. The van der Waals surface area contributed by atoms with Crippen molar-refractivity contribution >= 4 is 17.4 Å². The first-order valence-electron chi connectivity index (χ1n) is 13.7. The van der Waals surface area contributed by atoms with E-state index in [1.54, 1.807) is 31.5 Å². The summed E-state index contributed by atoms with van der Waals surface area (Å²) in [6, 6.07) is 0. The molecular weight excluding hydrogens is 470 g/mol. The summed E-state index contributed by atoms with van der Waals surface area (Å²) in [6.45, 7) is 22.9. The normalized spacial score (nSPS) is 14.9. The Labute approximate surface area is 229 Å². The summed E-state index contributed by atoms with van der Waals surface area (Å²) >= 11 is 6.23. The SMILES string of the molecule is C=C(/C=C(\N)C1=CN=C(N)C=CC1Cl)NCC(C)CC.CC.CC.CCCCCCC.COCCN. The lowest BCUT2D eigenvalue weighted by Crippen LogP contribution is -2.20. The van der Waals surface area contributed by atoms with Crippen LogP contribution in [0.15, 0.2) is 53.0 Å². The van der Waals surface area contributed by atoms with E-state index < -0.39 is 0 Å². The minimum Gasteiger partial charge on any atom is -0.398 e. The molecule has 0 radical (unpaired) electrons. The number of nitrogens with zero attached hydrogens (tertiary/aromatic N) is 1. The van der Waals surface area contributed by atoms with E-state index in [9.17, 15) is 0 Å². The Kier molecular flexibility index (Phi) is 38.2. The Morgan fingerprint density at radius 3 is 2.14 bits per heavy atom. The standard InChI is InChI=1S/C15H23ClN4.C7H16.C3H9NO.2C2H6/c1-4-10(2)8-19-11(3)7-14(17)12-9-20-15(18)6-5-13(12)16;1-3-5-7-6-4-2;1-5-3-2-4;2*1-2/h5-7,9-10,13,19H,3-4,8,17H2,1-2H3,(H2,18,20);3-7H2,1-2H3;2-4H2,1H3;2*1-2H3/b14-7-;;;;. The number of allylic oxidation sites excluding steroid dienone is 3. The Balaban J connectivity index is -0.000000263. The summed E-state index contributed by atoms with van der Waals surface area (Å²) < 4.78 is 4.57. The van der Waals surface area contributed by atoms with Crippen molar-refractivity contribution in [2.75, 3.05) is 26.8 Å². The maximum atomic E-state index is 6.23. The molecule has 0 aromatic rings. The van der Waals surface area contributed by atoms with Crippen molar-refractivity contribution in [1.29, 1.82) is 0 Å². The third kappa shape index (κ3) is 28.5. The van der Waals surface area contributed by atoms with Gasteiger partial charge in [-0.25, -0.2) is 4.99 Å². The van der Waals surface area contributed by atoms with E-state index in [1.165, 1.54) is 32.1 Å². The van der Waals surface area contributed by atoms with Crippen LogP contribution in [0.25, 0.3) is 0 Å². The van der Waals surface area contributed by atoms with Crippen molar-refractivity contribution in [3.8, 4) is 0 Å². The number of amidine groups is 1. The molecule has 1 aliphatic heterocycles. The second-order valence-corrected chi connectivity index (χ2v) is 8.23. The van der Waals surface area contributed by atoms with E-state index in [4.69, 9.17) is 28.8 Å². The number of rotatable bonds is 12. The van der Waals surface area contributed by atoms with Crippen LogP contribution in [-0.2, 0) is 4.74 Å². The molecule has 1 aliphatic rings. The molecule has 36 heavy (non-hydrogen) atoms. The molecule has 0 aliphatic carbocycles.